The molecule has 3 aromatic rings. The number of anilines is 2. The van der Waals surface area contributed by atoms with Crippen LogP contribution in [0.15, 0.2) is 72.8 Å². The summed E-state index contributed by atoms with van der Waals surface area (Å²) in [6, 6.07) is 24.8. The summed E-state index contributed by atoms with van der Waals surface area (Å²) in [4.78, 5) is 18.3. The fourth-order valence-electron chi connectivity index (χ4n) is 5.34. The highest BCUT2D eigenvalue weighted by atomic mass is 16.5. The monoisotopic (exact) mass is 471 g/mol. The fourth-order valence-corrected chi connectivity index (χ4v) is 5.34. The summed E-state index contributed by atoms with van der Waals surface area (Å²) in [7, 11) is 3.38. The Kier molecular flexibility index (Phi) is 6.80. The number of nitrogens with zero attached hydrogens (tertiary/aromatic N) is 2. The number of carbonyl (C=O) groups is 1. The SMILES string of the molecule is COc1ccc(N2CCN3c4cc(OC)ccc4CC(C(=O)NCCc4ccccc4)C3C2)cc1. The second kappa shape index (κ2) is 10.3. The molecule has 2 unspecified atom stereocenters. The third kappa shape index (κ3) is 4.92. The highest BCUT2D eigenvalue weighted by molar-refractivity contribution is 5.82. The largest absolute Gasteiger partial charge is 0.497 e. The van der Waals surface area contributed by atoms with Gasteiger partial charge in [0.25, 0.3) is 0 Å². The Morgan fingerprint density at radius 2 is 1.69 bits per heavy atom. The summed E-state index contributed by atoms with van der Waals surface area (Å²) >= 11 is 0. The van der Waals surface area contributed by atoms with Crippen LogP contribution in [0.3, 0.4) is 0 Å². The van der Waals surface area contributed by atoms with E-state index in [1.54, 1.807) is 14.2 Å². The maximum Gasteiger partial charge on any atom is 0.225 e. The molecule has 2 aliphatic rings. The second-order valence-electron chi connectivity index (χ2n) is 9.24. The lowest BCUT2D eigenvalue weighted by Crippen LogP contribution is -2.61. The number of nitrogens with one attached hydrogen (secondary N) is 1. The molecule has 1 N–H and O–H groups in total. The van der Waals surface area contributed by atoms with Crippen molar-refractivity contribution in [1.29, 1.82) is 0 Å². The molecule has 1 amide bonds. The van der Waals surface area contributed by atoms with Gasteiger partial charge in [-0.15, -0.1) is 0 Å². The van der Waals surface area contributed by atoms with Crippen molar-refractivity contribution in [2.45, 2.75) is 18.9 Å². The van der Waals surface area contributed by atoms with E-state index in [0.29, 0.717) is 6.54 Å². The van der Waals surface area contributed by atoms with Crippen molar-refractivity contribution >= 4 is 17.3 Å². The third-order valence-electron chi connectivity index (χ3n) is 7.25. The highest BCUT2D eigenvalue weighted by Crippen LogP contribution is 2.39. The molecule has 35 heavy (non-hydrogen) atoms. The van der Waals surface area contributed by atoms with Crippen LogP contribution < -0.4 is 24.6 Å². The van der Waals surface area contributed by atoms with Gasteiger partial charge >= 0.3 is 0 Å². The molecular formula is C29H33N3O3. The predicted octanol–water partition coefficient (Wildman–Crippen LogP) is 3.93. The molecule has 2 atom stereocenters. The number of methoxy groups -OCH3 is 2. The molecule has 3 aromatic carbocycles. The van der Waals surface area contributed by atoms with Crippen molar-refractivity contribution in [3.63, 3.8) is 0 Å². The molecule has 2 heterocycles. The zero-order valence-electron chi connectivity index (χ0n) is 20.4. The molecular weight excluding hydrogens is 438 g/mol. The number of piperazine rings is 1. The normalized spacial score (nSPS) is 18.9. The Morgan fingerprint density at radius 3 is 2.43 bits per heavy atom. The number of hydrogen-bond acceptors (Lipinski definition) is 5. The van der Waals surface area contributed by atoms with E-state index in [2.05, 4.69) is 51.5 Å². The number of rotatable bonds is 7. The second-order valence-corrected chi connectivity index (χ2v) is 9.24. The predicted molar refractivity (Wildman–Crippen MR) is 140 cm³/mol. The maximum absolute atomic E-state index is 13.5. The van der Waals surface area contributed by atoms with Crippen molar-refractivity contribution in [3.8, 4) is 11.5 Å². The molecule has 0 radical (unpaired) electrons. The van der Waals surface area contributed by atoms with Crippen LogP contribution >= 0.6 is 0 Å². The standard InChI is InChI=1S/C29H33N3O3/c1-34-24-12-9-23(10-13-24)31-16-17-32-27-19-25(35-2)11-8-22(27)18-26(28(32)20-31)29(33)30-15-14-21-6-4-3-5-7-21/h3-13,19,26,28H,14-18,20H2,1-2H3,(H,30,33). The van der Waals surface area contributed by atoms with E-state index in [0.717, 1.165) is 49.7 Å². The molecule has 1 fully saturated rings. The zero-order chi connectivity index (χ0) is 24.2. The molecule has 182 valence electrons. The molecule has 1 saturated heterocycles. The maximum atomic E-state index is 13.5. The summed E-state index contributed by atoms with van der Waals surface area (Å²) in [5.74, 6) is 1.72. The summed E-state index contributed by atoms with van der Waals surface area (Å²) < 4.78 is 10.8. The number of ether oxygens (including phenoxy) is 2. The molecule has 0 aromatic heterocycles. The van der Waals surface area contributed by atoms with Crippen LogP contribution in [-0.2, 0) is 17.6 Å². The molecule has 6 heteroatoms. The van der Waals surface area contributed by atoms with E-state index in [1.807, 2.05) is 36.4 Å². The molecule has 0 spiro atoms. The minimum atomic E-state index is -0.118. The number of benzene rings is 3. The zero-order valence-corrected chi connectivity index (χ0v) is 20.4. The first-order chi connectivity index (χ1) is 17.2. The Bertz CT molecular complexity index is 1150. The van der Waals surface area contributed by atoms with Crippen LogP contribution in [0.25, 0.3) is 0 Å². The number of fused-ring (bicyclic) bond motifs is 3. The van der Waals surface area contributed by atoms with Gasteiger partial charge < -0.3 is 24.6 Å². The summed E-state index contributed by atoms with van der Waals surface area (Å²) in [6.45, 7) is 3.18. The Balaban J connectivity index is 1.36. The Hall–Kier alpha value is -3.67. The number of hydrogen-bond donors (Lipinski definition) is 1. The van der Waals surface area contributed by atoms with Gasteiger partial charge in [0.05, 0.1) is 26.2 Å². The molecule has 2 aliphatic heterocycles. The highest BCUT2D eigenvalue weighted by Gasteiger charge is 2.41. The molecule has 0 aliphatic carbocycles. The average molecular weight is 472 g/mol. The summed E-state index contributed by atoms with van der Waals surface area (Å²) in [5.41, 5.74) is 4.80. The minimum absolute atomic E-state index is 0.0854. The topological polar surface area (TPSA) is 54.0 Å². The summed E-state index contributed by atoms with van der Waals surface area (Å²) in [5, 5.41) is 3.23. The van der Waals surface area contributed by atoms with Crippen LogP contribution in [0.1, 0.15) is 11.1 Å². The van der Waals surface area contributed by atoms with Gasteiger partial charge in [0, 0.05) is 43.6 Å². The van der Waals surface area contributed by atoms with Crippen LogP contribution in [0, 0.1) is 5.92 Å². The smallest absolute Gasteiger partial charge is 0.225 e. The lowest BCUT2D eigenvalue weighted by molar-refractivity contribution is -0.125. The van der Waals surface area contributed by atoms with Crippen molar-refractivity contribution < 1.29 is 14.3 Å². The number of carbonyl (C=O) groups excluding carboxylic acids is 1. The van der Waals surface area contributed by atoms with Gasteiger partial charge in [-0.25, -0.2) is 0 Å². The third-order valence-corrected chi connectivity index (χ3v) is 7.25. The van der Waals surface area contributed by atoms with E-state index in [-0.39, 0.29) is 17.9 Å². The van der Waals surface area contributed by atoms with Crippen LogP contribution in [-0.4, -0.2) is 52.3 Å². The minimum Gasteiger partial charge on any atom is -0.497 e. The lowest BCUT2D eigenvalue weighted by Gasteiger charge is -2.49. The van der Waals surface area contributed by atoms with Gasteiger partial charge in [0.1, 0.15) is 11.5 Å². The molecule has 5 rings (SSSR count). The van der Waals surface area contributed by atoms with E-state index >= 15 is 0 Å². The Labute approximate surface area is 207 Å². The van der Waals surface area contributed by atoms with E-state index < -0.39 is 0 Å². The average Bonchev–Trinajstić information content (AvgIpc) is 2.92. The van der Waals surface area contributed by atoms with Crippen molar-refractivity contribution in [2.75, 3.05) is 50.2 Å². The first-order valence-electron chi connectivity index (χ1n) is 12.3. The van der Waals surface area contributed by atoms with E-state index in [4.69, 9.17) is 9.47 Å². The first kappa shape index (κ1) is 23.1. The summed E-state index contributed by atoms with van der Waals surface area (Å²) in [6.07, 6.45) is 1.56. The van der Waals surface area contributed by atoms with Crippen LogP contribution in [0.5, 0.6) is 11.5 Å². The number of amides is 1. The first-order valence-corrected chi connectivity index (χ1v) is 12.3. The quantitative estimate of drug-likeness (QED) is 0.566. The van der Waals surface area contributed by atoms with E-state index in [9.17, 15) is 4.79 Å². The lowest BCUT2D eigenvalue weighted by atomic mass is 9.83. The van der Waals surface area contributed by atoms with Crippen molar-refractivity contribution in [1.82, 2.24) is 5.32 Å². The molecule has 0 saturated carbocycles. The van der Waals surface area contributed by atoms with Gasteiger partial charge in [0.2, 0.25) is 5.91 Å². The van der Waals surface area contributed by atoms with Crippen molar-refractivity contribution in [3.05, 3.63) is 83.9 Å². The van der Waals surface area contributed by atoms with Gasteiger partial charge in [-0.2, -0.15) is 0 Å². The van der Waals surface area contributed by atoms with Crippen molar-refractivity contribution in [2.24, 2.45) is 5.92 Å². The molecule has 6 nitrogen and oxygen atoms in total. The van der Waals surface area contributed by atoms with Gasteiger partial charge in [-0.1, -0.05) is 36.4 Å². The van der Waals surface area contributed by atoms with E-state index in [1.165, 1.54) is 16.8 Å². The van der Waals surface area contributed by atoms with Crippen LogP contribution in [0.4, 0.5) is 11.4 Å². The van der Waals surface area contributed by atoms with Gasteiger partial charge in [-0.3, -0.25) is 4.79 Å². The van der Waals surface area contributed by atoms with Gasteiger partial charge in [-0.05, 0) is 54.3 Å². The van der Waals surface area contributed by atoms with Gasteiger partial charge in [0.15, 0.2) is 0 Å². The fraction of sp³-hybridized carbons (Fsp3) is 0.345. The Morgan fingerprint density at radius 1 is 0.943 bits per heavy atom. The molecule has 0 bridgehead atoms. The van der Waals surface area contributed by atoms with Crippen LogP contribution in [0.2, 0.25) is 0 Å².